The molecule has 1 heterocycles. The highest BCUT2D eigenvalue weighted by atomic mass is 79.9. The normalized spacial score (nSPS) is 11.2. The standard InChI is InChI=1S/C15H19BrN2O3/c1-6-21-15(20)11(8-18(4)5)14(19)13-12(16)7-9(2)10(3)17-13/h7-8H,6H2,1-5H3. The summed E-state index contributed by atoms with van der Waals surface area (Å²) >= 11 is 3.33. The first-order valence-electron chi connectivity index (χ1n) is 6.51. The third-order valence-corrected chi connectivity index (χ3v) is 3.37. The van der Waals surface area contributed by atoms with E-state index in [1.807, 2.05) is 19.9 Å². The number of carbonyl (C=O) groups excluding carboxylic acids is 2. The van der Waals surface area contributed by atoms with Crippen molar-refractivity contribution in [1.29, 1.82) is 0 Å². The molecule has 0 aliphatic heterocycles. The van der Waals surface area contributed by atoms with Crippen molar-refractivity contribution < 1.29 is 14.3 Å². The van der Waals surface area contributed by atoms with Crippen LogP contribution in [0.25, 0.3) is 0 Å². The van der Waals surface area contributed by atoms with Gasteiger partial charge >= 0.3 is 5.97 Å². The zero-order valence-corrected chi connectivity index (χ0v) is 14.4. The molecule has 114 valence electrons. The highest BCUT2D eigenvalue weighted by Gasteiger charge is 2.25. The molecule has 0 aliphatic carbocycles. The molecule has 0 spiro atoms. The van der Waals surface area contributed by atoms with Gasteiger partial charge in [-0.1, -0.05) is 0 Å². The summed E-state index contributed by atoms with van der Waals surface area (Å²) in [4.78, 5) is 30.5. The van der Waals surface area contributed by atoms with E-state index in [9.17, 15) is 9.59 Å². The lowest BCUT2D eigenvalue weighted by Gasteiger charge is -2.12. The van der Waals surface area contributed by atoms with Gasteiger partial charge in [0, 0.05) is 30.5 Å². The molecular weight excluding hydrogens is 336 g/mol. The first-order chi connectivity index (χ1) is 9.77. The molecule has 6 heteroatoms. The first-order valence-corrected chi connectivity index (χ1v) is 7.31. The molecule has 1 aromatic rings. The van der Waals surface area contributed by atoms with Crippen molar-refractivity contribution in [2.24, 2.45) is 0 Å². The van der Waals surface area contributed by atoms with Crippen LogP contribution >= 0.6 is 15.9 Å². The maximum Gasteiger partial charge on any atom is 0.343 e. The minimum Gasteiger partial charge on any atom is -0.462 e. The van der Waals surface area contributed by atoms with E-state index in [0.29, 0.717) is 4.47 Å². The lowest BCUT2D eigenvalue weighted by molar-refractivity contribution is -0.138. The Balaban J connectivity index is 3.30. The zero-order chi connectivity index (χ0) is 16.2. The largest absolute Gasteiger partial charge is 0.462 e. The molecule has 0 saturated heterocycles. The molecule has 5 nitrogen and oxygen atoms in total. The summed E-state index contributed by atoms with van der Waals surface area (Å²) < 4.78 is 5.50. The summed E-state index contributed by atoms with van der Waals surface area (Å²) in [5.41, 5.74) is 1.87. The molecule has 0 fully saturated rings. The fourth-order valence-electron chi connectivity index (χ4n) is 1.63. The molecule has 0 N–H and O–H groups in total. The summed E-state index contributed by atoms with van der Waals surface area (Å²) in [6, 6.07) is 1.81. The van der Waals surface area contributed by atoms with Crippen LogP contribution in [0.2, 0.25) is 0 Å². The van der Waals surface area contributed by atoms with Gasteiger partial charge in [-0.3, -0.25) is 4.79 Å². The molecule has 0 bridgehead atoms. The van der Waals surface area contributed by atoms with E-state index in [1.165, 1.54) is 6.20 Å². The Bertz CT molecular complexity index is 595. The van der Waals surface area contributed by atoms with Crippen molar-refractivity contribution in [2.45, 2.75) is 20.8 Å². The minimum absolute atomic E-state index is 0.0432. The van der Waals surface area contributed by atoms with Gasteiger partial charge in [-0.05, 0) is 48.3 Å². The van der Waals surface area contributed by atoms with Gasteiger partial charge in [0.2, 0.25) is 5.78 Å². The van der Waals surface area contributed by atoms with Crippen molar-refractivity contribution in [1.82, 2.24) is 9.88 Å². The van der Waals surface area contributed by atoms with E-state index >= 15 is 0 Å². The Kier molecular flexibility index (Phi) is 6.08. The second-order valence-electron chi connectivity index (χ2n) is 4.78. The molecule has 1 rings (SSSR count). The topological polar surface area (TPSA) is 59.5 Å². The Hall–Kier alpha value is -1.69. The van der Waals surface area contributed by atoms with Crippen LogP contribution in [0.1, 0.15) is 28.7 Å². The second-order valence-corrected chi connectivity index (χ2v) is 5.63. The molecule has 0 unspecified atom stereocenters. The maximum atomic E-state index is 12.6. The fourth-order valence-corrected chi connectivity index (χ4v) is 2.24. The van der Waals surface area contributed by atoms with Crippen molar-refractivity contribution in [3.63, 3.8) is 0 Å². The summed E-state index contributed by atoms with van der Waals surface area (Å²) in [5, 5.41) is 0. The van der Waals surface area contributed by atoms with Crippen molar-refractivity contribution in [3.8, 4) is 0 Å². The molecule has 0 atom stereocenters. The highest BCUT2D eigenvalue weighted by molar-refractivity contribution is 9.10. The van der Waals surface area contributed by atoms with Gasteiger partial charge in [-0.25, -0.2) is 9.78 Å². The van der Waals surface area contributed by atoms with Gasteiger partial charge in [0.1, 0.15) is 11.3 Å². The number of Topliss-reactive ketones (excluding diaryl/α,β-unsaturated/α-hetero) is 1. The van der Waals surface area contributed by atoms with Gasteiger partial charge in [-0.15, -0.1) is 0 Å². The van der Waals surface area contributed by atoms with Gasteiger partial charge in [0.05, 0.1) is 6.61 Å². The average Bonchev–Trinajstić information content (AvgIpc) is 2.39. The fraction of sp³-hybridized carbons (Fsp3) is 0.400. The van der Waals surface area contributed by atoms with Crippen LogP contribution in [0.4, 0.5) is 0 Å². The Morgan fingerprint density at radius 1 is 1.38 bits per heavy atom. The molecular formula is C15H19BrN2O3. The van der Waals surface area contributed by atoms with E-state index in [2.05, 4.69) is 20.9 Å². The highest BCUT2D eigenvalue weighted by Crippen LogP contribution is 2.21. The van der Waals surface area contributed by atoms with Gasteiger partial charge < -0.3 is 9.64 Å². The van der Waals surface area contributed by atoms with Crippen LogP contribution < -0.4 is 0 Å². The Morgan fingerprint density at radius 2 is 2.00 bits per heavy atom. The number of rotatable bonds is 5. The zero-order valence-electron chi connectivity index (χ0n) is 12.9. The first kappa shape index (κ1) is 17.4. The Morgan fingerprint density at radius 3 is 2.52 bits per heavy atom. The predicted octanol–water partition coefficient (Wildman–Crippen LogP) is 2.65. The lowest BCUT2D eigenvalue weighted by Crippen LogP contribution is -2.21. The van der Waals surface area contributed by atoms with Crippen molar-refractivity contribution in [3.05, 3.63) is 39.3 Å². The number of carbonyl (C=O) groups is 2. The molecule has 0 saturated carbocycles. The van der Waals surface area contributed by atoms with E-state index in [4.69, 9.17) is 4.74 Å². The smallest absolute Gasteiger partial charge is 0.343 e. The molecule has 21 heavy (non-hydrogen) atoms. The summed E-state index contributed by atoms with van der Waals surface area (Å²) in [6.45, 7) is 5.62. The van der Waals surface area contributed by atoms with E-state index in [1.54, 1.807) is 25.9 Å². The molecule has 0 amide bonds. The summed E-state index contributed by atoms with van der Waals surface area (Å²) in [6.07, 6.45) is 1.45. The van der Waals surface area contributed by atoms with Gasteiger partial charge in [0.25, 0.3) is 0 Å². The number of ether oxygens (including phenoxy) is 1. The number of pyridine rings is 1. The van der Waals surface area contributed by atoms with E-state index in [0.717, 1.165) is 11.3 Å². The predicted molar refractivity (Wildman–Crippen MR) is 84.1 cm³/mol. The second kappa shape index (κ2) is 7.36. The van der Waals surface area contributed by atoms with Crippen LogP contribution in [0, 0.1) is 13.8 Å². The van der Waals surface area contributed by atoms with Gasteiger partial charge in [-0.2, -0.15) is 0 Å². The summed E-state index contributed by atoms with van der Waals surface area (Å²) in [7, 11) is 3.46. The van der Waals surface area contributed by atoms with E-state index < -0.39 is 11.8 Å². The van der Waals surface area contributed by atoms with Crippen LogP contribution in [-0.2, 0) is 9.53 Å². The minimum atomic E-state index is -0.650. The third-order valence-electron chi connectivity index (χ3n) is 2.76. The molecule has 1 aromatic heterocycles. The number of esters is 1. The quantitative estimate of drug-likeness (QED) is 0.267. The average molecular weight is 355 g/mol. The number of aromatic nitrogens is 1. The lowest BCUT2D eigenvalue weighted by atomic mass is 10.1. The van der Waals surface area contributed by atoms with E-state index in [-0.39, 0.29) is 17.9 Å². The SMILES string of the molecule is CCOC(=O)C(=CN(C)C)C(=O)c1nc(C)c(C)cc1Br. The van der Waals surface area contributed by atoms with Crippen molar-refractivity contribution >= 4 is 27.7 Å². The number of nitrogens with zero attached hydrogens (tertiary/aromatic N) is 2. The van der Waals surface area contributed by atoms with Crippen LogP contribution in [0.3, 0.4) is 0 Å². The maximum absolute atomic E-state index is 12.6. The molecule has 0 aromatic carbocycles. The third kappa shape index (κ3) is 4.39. The number of halogens is 1. The number of hydrogen-bond acceptors (Lipinski definition) is 5. The van der Waals surface area contributed by atoms with Crippen LogP contribution in [-0.4, -0.2) is 42.3 Å². The number of ketones is 1. The monoisotopic (exact) mass is 354 g/mol. The number of hydrogen-bond donors (Lipinski definition) is 0. The summed E-state index contributed by atoms with van der Waals surface area (Å²) in [5.74, 6) is -1.11. The van der Waals surface area contributed by atoms with Crippen molar-refractivity contribution in [2.75, 3.05) is 20.7 Å². The number of aryl methyl sites for hydroxylation is 2. The molecule has 0 aliphatic rings. The van der Waals surface area contributed by atoms with Gasteiger partial charge in [0.15, 0.2) is 0 Å². The van der Waals surface area contributed by atoms with Crippen LogP contribution in [0.5, 0.6) is 0 Å². The Labute approximate surface area is 133 Å². The van der Waals surface area contributed by atoms with Crippen LogP contribution in [0.15, 0.2) is 22.3 Å². The molecule has 0 radical (unpaired) electrons.